The zero-order valence-corrected chi connectivity index (χ0v) is 11.8. The van der Waals surface area contributed by atoms with Crippen LogP contribution in [0.4, 0.5) is 4.39 Å². The van der Waals surface area contributed by atoms with Crippen LogP contribution < -0.4 is 5.32 Å². The van der Waals surface area contributed by atoms with Crippen molar-refractivity contribution < 1.29 is 13.9 Å². The number of hydrogen-bond acceptors (Lipinski definition) is 2. The number of ether oxygens (including phenoxy) is 1. The fourth-order valence-electron chi connectivity index (χ4n) is 2.71. The quantitative estimate of drug-likeness (QED) is 0.823. The van der Waals surface area contributed by atoms with Crippen molar-refractivity contribution in [2.75, 3.05) is 0 Å². The van der Waals surface area contributed by atoms with Crippen molar-refractivity contribution >= 4 is 28.5 Å². The van der Waals surface area contributed by atoms with Crippen LogP contribution in [0.15, 0.2) is 18.2 Å². The van der Waals surface area contributed by atoms with Crippen molar-refractivity contribution in [1.29, 1.82) is 0 Å². The van der Waals surface area contributed by atoms with Crippen molar-refractivity contribution in [2.45, 2.75) is 37.5 Å². The molecule has 3 unspecified atom stereocenters. The summed E-state index contributed by atoms with van der Waals surface area (Å²) in [4.78, 5) is 12.1. The Bertz CT molecular complexity index is 494. The van der Waals surface area contributed by atoms with E-state index in [2.05, 4.69) is 5.32 Å². The first-order valence-corrected chi connectivity index (χ1v) is 7.13. The first-order chi connectivity index (χ1) is 8.63. The average molecular weight is 361 g/mol. The van der Waals surface area contributed by atoms with E-state index in [0.717, 1.165) is 19.3 Å². The average Bonchev–Trinajstić information content (AvgIpc) is 2.90. The number of carbonyl (C=O) groups excluding carboxylic acids is 1. The van der Waals surface area contributed by atoms with Crippen molar-refractivity contribution in [1.82, 2.24) is 5.32 Å². The van der Waals surface area contributed by atoms with Gasteiger partial charge in [-0.1, -0.05) is 0 Å². The molecule has 2 bridgehead atoms. The van der Waals surface area contributed by atoms with Gasteiger partial charge in [-0.25, -0.2) is 4.39 Å². The molecule has 3 nitrogen and oxygen atoms in total. The van der Waals surface area contributed by atoms with Gasteiger partial charge < -0.3 is 10.1 Å². The zero-order valence-electron chi connectivity index (χ0n) is 9.66. The van der Waals surface area contributed by atoms with Crippen LogP contribution in [-0.4, -0.2) is 24.2 Å². The molecule has 0 saturated carbocycles. The third-order valence-electron chi connectivity index (χ3n) is 3.60. The maximum Gasteiger partial charge on any atom is 0.252 e. The van der Waals surface area contributed by atoms with Crippen molar-refractivity contribution in [3.63, 3.8) is 0 Å². The van der Waals surface area contributed by atoms with E-state index < -0.39 is 0 Å². The third-order valence-corrected chi connectivity index (χ3v) is 4.49. The molecule has 2 fully saturated rings. The molecule has 2 aliphatic heterocycles. The number of hydrogen-bond donors (Lipinski definition) is 1. The molecule has 0 spiro atoms. The summed E-state index contributed by atoms with van der Waals surface area (Å²) in [5.74, 6) is -0.459. The van der Waals surface area contributed by atoms with E-state index in [-0.39, 0.29) is 23.9 Å². The molecule has 0 aromatic heterocycles. The Balaban J connectivity index is 1.71. The van der Waals surface area contributed by atoms with E-state index in [4.69, 9.17) is 4.74 Å². The summed E-state index contributed by atoms with van der Waals surface area (Å²) >= 11 is 1.98. The number of benzene rings is 1. The molecular weight excluding hydrogens is 348 g/mol. The highest BCUT2D eigenvalue weighted by Crippen LogP contribution is 2.34. The molecule has 2 saturated heterocycles. The van der Waals surface area contributed by atoms with E-state index in [1.54, 1.807) is 0 Å². The Labute approximate surface area is 118 Å². The van der Waals surface area contributed by atoms with Crippen LogP contribution in [-0.2, 0) is 4.74 Å². The van der Waals surface area contributed by atoms with Gasteiger partial charge in [0.2, 0.25) is 0 Å². The highest BCUT2D eigenvalue weighted by molar-refractivity contribution is 14.1. The van der Waals surface area contributed by atoms with Crippen LogP contribution in [0.2, 0.25) is 0 Å². The lowest BCUT2D eigenvalue weighted by Gasteiger charge is -2.20. The molecule has 1 aromatic rings. The van der Waals surface area contributed by atoms with E-state index >= 15 is 0 Å². The van der Waals surface area contributed by atoms with Gasteiger partial charge in [-0.05, 0) is 60.1 Å². The molecule has 5 heteroatoms. The van der Waals surface area contributed by atoms with Gasteiger partial charge in [-0.3, -0.25) is 4.79 Å². The van der Waals surface area contributed by atoms with Gasteiger partial charge in [0.05, 0.1) is 23.8 Å². The Morgan fingerprint density at radius 2 is 2.28 bits per heavy atom. The second-order valence-corrected chi connectivity index (χ2v) is 5.98. The monoisotopic (exact) mass is 361 g/mol. The fourth-order valence-corrected chi connectivity index (χ4v) is 3.43. The third kappa shape index (κ3) is 2.25. The maximum atomic E-state index is 13.0. The molecular formula is C13H13FINO2. The molecule has 3 atom stereocenters. The molecule has 0 aliphatic carbocycles. The molecule has 2 aliphatic rings. The summed E-state index contributed by atoms with van der Waals surface area (Å²) in [7, 11) is 0. The zero-order chi connectivity index (χ0) is 12.7. The molecule has 18 heavy (non-hydrogen) atoms. The number of rotatable bonds is 2. The van der Waals surface area contributed by atoms with Gasteiger partial charge in [0.15, 0.2) is 0 Å². The summed E-state index contributed by atoms with van der Waals surface area (Å²) in [6, 6.07) is 4.32. The number of halogens is 2. The normalized spacial score (nSPS) is 29.6. The summed E-state index contributed by atoms with van der Waals surface area (Å²) in [5, 5.41) is 3.00. The van der Waals surface area contributed by atoms with Gasteiger partial charge in [0, 0.05) is 3.57 Å². The lowest BCUT2D eigenvalue weighted by atomic mass is 9.95. The van der Waals surface area contributed by atoms with Crippen LogP contribution in [0, 0.1) is 9.39 Å². The van der Waals surface area contributed by atoms with Crippen LogP contribution >= 0.6 is 22.6 Å². The second kappa shape index (κ2) is 4.77. The van der Waals surface area contributed by atoms with Crippen LogP contribution in [0.3, 0.4) is 0 Å². The molecule has 2 heterocycles. The predicted octanol–water partition coefficient (Wildman–Crippen LogP) is 2.48. The summed E-state index contributed by atoms with van der Waals surface area (Å²) < 4.78 is 19.3. The van der Waals surface area contributed by atoms with Gasteiger partial charge in [0.25, 0.3) is 5.91 Å². The maximum absolute atomic E-state index is 13.0. The molecule has 0 radical (unpaired) electrons. The minimum atomic E-state index is -0.320. The highest BCUT2D eigenvalue weighted by atomic mass is 127. The SMILES string of the molecule is O=C(NC1CC2CCC1O2)c1ccc(F)cc1I. The predicted molar refractivity (Wildman–Crippen MR) is 72.9 cm³/mol. The summed E-state index contributed by atoms with van der Waals surface area (Å²) in [6.07, 6.45) is 3.50. The number of carbonyl (C=O) groups is 1. The largest absolute Gasteiger partial charge is 0.373 e. The fraction of sp³-hybridized carbons (Fsp3) is 0.462. The summed E-state index contributed by atoms with van der Waals surface area (Å²) in [6.45, 7) is 0. The van der Waals surface area contributed by atoms with Gasteiger partial charge >= 0.3 is 0 Å². The van der Waals surface area contributed by atoms with Gasteiger partial charge in [-0.15, -0.1) is 0 Å². The minimum absolute atomic E-state index is 0.108. The number of nitrogens with one attached hydrogen (secondary N) is 1. The first kappa shape index (κ1) is 12.3. The van der Waals surface area contributed by atoms with Crippen molar-refractivity contribution in [2.24, 2.45) is 0 Å². The van der Waals surface area contributed by atoms with Crippen LogP contribution in [0.1, 0.15) is 29.6 Å². The van der Waals surface area contributed by atoms with Crippen molar-refractivity contribution in [3.05, 3.63) is 33.1 Å². The van der Waals surface area contributed by atoms with Crippen LogP contribution in [0.25, 0.3) is 0 Å². The topological polar surface area (TPSA) is 38.3 Å². The lowest BCUT2D eigenvalue weighted by molar-refractivity contribution is 0.0840. The van der Waals surface area contributed by atoms with Crippen LogP contribution in [0.5, 0.6) is 0 Å². The molecule has 3 rings (SSSR count). The first-order valence-electron chi connectivity index (χ1n) is 6.05. The number of amides is 1. The molecule has 1 amide bonds. The van der Waals surface area contributed by atoms with E-state index in [1.165, 1.54) is 18.2 Å². The Morgan fingerprint density at radius 3 is 2.89 bits per heavy atom. The summed E-state index contributed by atoms with van der Waals surface area (Å²) in [5.41, 5.74) is 0.528. The van der Waals surface area contributed by atoms with Crippen molar-refractivity contribution in [3.8, 4) is 0 Å². The lowest BCUT2D eigenvalue weighted by Crippen LogP contribution is -2.41. The Hall–Kier alpha value is -0.690. The Kier molecular flexibility index (Phi) is 3.27. The van der Waals surface area contributed by atoms with E-state index in [9.17, 15) is 9.18 Å². The van der Waals surface area contributed by atoms with E-state index in [0.29, 0.717) is 15.2 Å². The minimum Gasteiger partial charge on any atom is -0.373 e. The number of fused-ring (bicyclic) bond motifs is 2. The smallest absolute Gasteiger partial charge is 0.252 e. The van der Waals surface area contributed by atoms with E-state index in [1.807, 2.05) is 22.6 Å². The Morgan fingerprint density at radius 1 is 1.44 bits per heavy atom. The molecule has 1 N–H and O–H groups in total. The molecule has 1 aromatic carbocycles. The molecule has 96 valence electrons. The highest BCUT2D eigenvalue weighted by Gasteiger charge is 2.41. The van der Waals surface area contributed by atoms with Gasteiger partial charge in [-0.2, -0.15) is 0 Å². The standard InChI is InChI=1S/C13H13FINO2/c14-7-1-3-9(10(15)5-7)13(17)16-11-6-8-2-4-12(11)18-8/h1,3,5,8,11-12H,2,4,6H2,(H,16,17). The van der Waals surface area contributed by atoms with Gasteiger partial charge in [0.1, 0.15) is 5.82 Å². The second-order valence-electron chi connectivity index (χ2n) is 4.81.